The molecule has 3 aromatic heterocycles. The minimum Gasteiger partial charge on any atom is -0.455 e. The minimum absolute atomic E-state index is 0.0239. The summed E-state index contributed by atoms with van der Waals surface area (Å²) in [4.78, 5) is 2.49. The summed E-state index contributed by atoms with van der Waals surface area (Å²) in [6, 6.07) is 78.0. The van der Waals surface area contributed by atoms with Crippen LogP contribution in [0.2, 0.25) is 0 Å². The fourth-order valence-electron chi connectivity index (χ4n) is 12.4. The van der Waals surface area contributed by atoms with E-state index in [9.17, 15) is 0 Å². The highest BCUT2D eigenvalue weighted by Crippen LogP contribution is 2.67. The molecule has 3 heterocycles. The molecule has 0 saturated heterocycles. The number of rotatable bonds is 4. The Balaban J connectivity index is 1.12. The summed E-state index contributed by atoms with van der Waals surface area (Å²) >= 11 is 0. The van der Waals surface area contributed by atoms with Crippen LogP contribution in [0.5, 0.6) is 0 Å². The van der Waals surface area contributed by atoms with Crippen LogP contribution < -0.4 is 4.90 Å². The Kier molecular flexibility index (Phi) is 7.67. The van der Waals surface area contributed by atoms with Gasteiger partial charge in [0, 0.05) is 55.1 Å². The van der Waals surface area contributed by atoms with Crippen LogP contribution in [0, 0.1) is 0 Å². The topological polar surface area (TPSA) is 34.5 Å². The van der Waals surface area contributed by atoms with Gasteiger partial charge >= 0.3 is 0 Å². The van der Waals surface area contributed by atoms with E-state index in [1.54, 1.807) is 0 Å². The zero-order valence-electron chi connectivity index (χ0n) is 38.4. The highest BCUT2D eigenvalue weighted by atomic mass is 16.3. The van der Waals surface area contributed by atoms with Gasteiger partial charge < -0.3 is 18.3 Å². The highest BCUT2D eigenvalue weighted by Gasteiger charge is 2.54. The SMILES string of the molecule is CC(C)(C)c1ccc(N(c2ccc3c4ccccc4n(-c4ccccc4)c3c2)c2cc3c(c4oc5ccccc5c24)-c2c(ccc4c2oc2ccccc24)C32c3ccccc3-c3ccccc32)cc1. The molecule has 2 aliphatic rings. The number of hydrogen-bond donors (Lipinski definition) is 0. The van der Waals surface area contributed by atoms with Gasteiger partial charge in [-0.2, -0.15) is 0 Å². The molecule has 1 spiro atoms. The normalized spacial score (nSPS) is 13.6. The van der Waals surface area contributed by atoms with Crippen molar-refractivity contribution < 1.29 is 8.83 Å². The van der Waals surface area contributed by atoms with E-state index in [0.717, 1.165) is 83.3 Å². The van der Waals surface area contributed by atoms with E-state index in [1.165, 1.54) is 55.2 Å². The Morgan fingerprint density at radius 1 is 0.420 bits per heavy atom. The second kappa shape index (κ2) is 13.7. The van der Waals surface area contributed by atoms with Crippen LogP contribution in [0.25, 0.3) is 93.6 Å². The molecule has 10 aromatic carbocycles. The van der Waals surface area contributed by atoms with Gasteiger partial charge in [-0.05, 0) is 105 Å². The average molecular weight is 885 g/mol. The quantitative estimate of drug-likeness (QED) is 0.177. The molecule has 0 amide bonds. The first-order valence-corrected chi connectivity index (χ1v) is 24.0. The Labute approximate surface area is 398 Å². The first kappa shape index (κ1) is 38.5. The Morgan fingerprint density at radius 3 is 1.72 bits per heavy atom. The molecule has 0 aliphatic heterocycles. The zero-order chi connectivity index (χ0) is 45.8. The third-order valence-electron chi connectivity index (χ3n) is 15.3. The summed E-state index contributed by atoms with van der Waals surface area (Å²) in [6.45, 7) is 6.85. The average Bonchev–Trinajstić information content (AvgIpc) is 4.18. The molecule has 0 saturated carbocycles. The lowest BCUT2D eigenvalue weighted by Gasteiger charge is -2.32. The third kappa shape index (κ3) is 5.07. The molecule has 0 radical (unpaired) electrons. The molecule has 13 aromatic rings. The molecule has 15 rings (SSSR count). The number of anilines is 3. The van der Waals surface area contributed by atoms with E-state index in [0.29, 0.717) is 0 Å². The lowest BCUT2D eigenvalue weighted by Crippen LogP contribution is -2.26. The van der Waals surface area contributed by atoms with Gasteiger partial charge in [-0.25, -0.2) is 0 Å². The molecule has 4 heteroatoms. The Hall–Kier alpha value is -8.60. The van der Waals surface area contributed by atoms with Crippen molar-refractivity contribution in [2.75, 3.05) is 4.90 Å². The van der Waals surface area contributed by atoms with Crippen LogP contribution in [-0.2, 0) is 10.8 Å². The minimum atomic E-state index is -0.682. The zero-order valence-corrected chi connectivity index (χ0v) is 38.4. The molecule has 0 atom stereocenters. The molecular weight excluding hydrogens is 841 g/mol. The van der Waals surface area contributed by atoms with Crippen LogP contribution in [-0.4, -0.2) is 4.57 Å². The van der Waals surface area contributed by atoms with Gasteiger partial charge in [0.25, 0.3) is 0 Å². The summed E-state index contributed by atoms with van der Waals surface area (Å²) in [5.41, 5.74) is 20.2. The predicted molar refractivity (Wildman–Crippen MR) is 285 cm³/mol. The van der Waals surface area contributed by atoms with Gasteiger partial charge in [0.2, 0.25) is 0 Å². The Bertz CT molecular complexity index is 4250. The van der Waals surface area contributed by atoms with Crippen LogP contribution in [0.15, 0.2) is 221 Å². The predicted octanol–water partition coefficient (Wildman–Crippen LogP) is 17.7. The van der Waals surface area contributed by atoms with E-state index >= 15 is 0 Å². The van der Waals surface area contributed by atoms with Crippen LogP contribution in [0.1, 0.15) is 48.6 Å². The first-order chi connectivity index (χ1) is 33.9. The highest BCUT2D eigenvalue weighted by molar-refractivity contribution is 6.23. The molecule has 0 N–H and O–H groups in total. The van der Waals surface area contributed by atoms with Crippen molar-refractivity contribution in [2.24, 2.45) is 0 Å². The van der Waals surface area contributed by atoms with E-state index in [-0.39, 0.29) is 5.41 Å². The van der Waals surface area contributed by atoms with Gasteiger partial charge in [0.1, 0.15) is 22.3 Å². The van der Waals surface area contributed by atoms with Crippen LogP contribution in [0.4, 0.5) is 17.1 Å². The summed E-state index contributed by atoms with van der Waals surface area (Å²) < 4.78 is 16.9. The standard InChI is InChI=1S/C65H44N2O2/c1-64(2,3)39-29-31-41(32-30-39)66(42-33-34-46-45-21-9-14-26-54(45)67(55(46)37-42)40-17-5-4-6-18-40)56-38-53-61(63-59(56)49-23-11-16-28-58(49)69-63)60-52(36-35-48-47-22-10-15-27-57(47)68-62(48)60)65(53)50-24-12-7-19-43(50)44-20-8-13-25-51(44)65/h4-38H,1-3H3. The molecule has 326 valence electrons. The van der Waals surface area contributed by atoms with Crippen molar-refractivity contribution in [3.63, 3.8) is 0 Å². The maximum absolute atomic E-state index is 7.39. The first-order valence-electron chi connectivity index (χ1n) is 24.0. The van der Waals surface area contributed by atoms with Crippen molar-refractivity contribution in [1.29, 1.82) is 0 Å². The smallest absolute Gasteiger partial charge is 0.145 e. The van der Waals surface area contributed by atoms with Crippen molar-refractivity contribution >= 4 is 82.7 Å². The second-order valence-corrected chi connectivity index (χ2v) is 19.9. The number of aromatic nitrogens is 1. The second-order valence-electron chi connectivity index (χ2n) is 19.9. The monoisotopic (exact) mass is 884 g/mol. The summed E-state index contributed by atoms with van der Waals surface area (Å²) in [7, 11) is 0. The summed E-state index contributed by atoms with van der Waals surface area (Å²) in [5.74, 6) is 0. The van der Waals surface area contributed by atoms with E-state index in [2.05, 4.69) is 243 Å². The fourth-order valence-corrected chi connectivity index (χ4v) is 12.4. The lowest BCUT2D eigenvalue weighted by molar-refractivity contribution is 0.590. The maximum atomic E-state index is 7.39. The molecule has 69 heavy (non-hydrogen) atoms. The van der Waals surface area contributed by atoms with Crippen molar-refractivity contribution in [1.82, 2.24) is 4.57 Å². The number of nitrogens with zero attached hydrogens (tertiary/aromatic N) is 2. The van der Waals surface area contributed by atoms with Crippen molar-refractivity contribution in [3.8, 4) is 27.9 Å². The molecule has 2 aliphatic carbocycles. The fraction of sp³-hybridized carbons (Fsp3) is 0.0769. The molecule has 4 nitrogen and oxygen atoms in total. The molecule has 0 bridgehead atoms. The van der Waals surface area contributed by atoms with E-state index in [1.807, 2.05) is 0 Å². The number of furan rings is 2. The summed E-state index contributed by atoms with van der Waals surface area (Å²) in [6.07, 6.45) is 0. The largest absolute Gasteiger partial charge is 0.455 e. The molecule has 0 unspecified atom stereocenters. The maximum Gasteiger partial charge on any atom is 0.145 e. The van der Waals surface area contributed by atoms with Crippen LogP contribution >= 0.6 is 0 Å². The molecular formula is C65H44N2O2. The van der Waals surface area contributed by atoms with Gasteiger partial charge in [-0.1, -0.05) is 172 Å². The van der Waals surface area contributed by atoms with Crippen molar-refractivity contribution in [2.45, 2.75) is 31.6 Å². The lowest BCUT2D eigenvalue weighted by atomic mass is 9.70. The third-order valence-corrected chi connectivity index (χ3v) is 15.3. The van der Waals surface area contributed by atoms with E-state index in [4.69, 9.17) is 8.83 Å². The van der Waals surface area contributed by atoms with E-state index < -0.39 is 5.41 Å². The Morgan fingerprint density at radius 2 is 0.986 bits per heavy atom. The number of para-hydroxylation sites is 4. The van der Waals surface area contributed by atoms with Gasteiger partial charge in [0.05, 0.1) is 27.5 Å². The number of benzene rings is 10. The number of hydrogen-bond acceptors (Lipinski definition) is 3. The van der Waals surface area contributed by atoms with Crippen molar-refractivity contribution in [3.05, 3.63) is 240 Å². The van der Waals surface area contributed by atoms with Gasteiger partial charge in [0.15, 0.2) is 0 Å². The van der Waals surface area contributed by atoms with Crippen LogP contribution in [0.3, 0.4) is 0 Å². The summed E-state index contributed by atoms with van der Waals surface area (Å²) in [5, 5.41) is 6.76. The molecule has 0 fully saturated rings. The van der Waals surface area contributed by atoms with Gasteiger partial charge in [-0.15, -0.1) is 0 Å². The number of fused-ring (bicyclic) bond motifs is 21. The van der Waals surface area contributed by atoms with Gasteiger partial charge in [-0.3, -0.25) is 0 Å².